The van der Waals surface area contributed by atoms with Gasteiger partial charge in [0.25, 0.3) is 0 Å². The molecule has 0 fully saturated rings. The molecule has 0 saturated carbocycles. The highest BCUT2D eigenvalue weighted by Crippen LogP contribution is 2.27. The second-order valence-electron chi connectivity index (χ2n) is 3.87. The van der Waals surface area contributed by atoms with E-state index in [1.54, 1.807) is 36.6 Å². The lowest BCUT2D eigenvalue weighted by molar-refractivity contribution is 0.183. The van der Waals surface area contributed by atoms with Crippen LogP contribution in [0.1, 0.15) is 17.4 Å². The van der Waals surface area contributed by atoms with Crippen molar-refractivity contribution >= 4 is 0 Å². The maximum Gasteiger partial charge on any atom is 0.168 e. The second kappa shape index (κ2) is 5.94. The van der Waals surface area contributed by atoms with E-state index in [1.807, 2.05) is 0 Å². The largest absolute Gasteiger partial charge is 0.497 e. The minimum Gasteiger partial charge on any atom is -0.497 e. The van der Waals surface area contributed by atoms with Gasteiger partial charge in [0.1, 0.15) is 17.3 Å². The number of ether oxygens (including phenoxy) is 2. The maximum absolute atomic E-state index is 8.95. The Morgan fingerprint density at radius 1 is 1.37 bits per heavy atom. The van der Waals surface area contributed by atoms with Crippen LogP contribution in [0.5, 0.6) is 11.5 Å². The van der Waals surface area contributed by atoms with Crippen LogP contribution in [0.25, 0.3) is 0 Å². The molecule has 0 radical (unpaired) electrons. The molecule has 1 aromatic carbocycles. The standard InChI is InChI=1S/C14H14N2O3/c1-17-11-5-10(8-15)6-12(7-11)19-14(9-16)13-3-2-4-18-13/h2-7,14H,9,16H2,1H3. The van der Waals surface area contributed by atoms with Gasteiger partial charge in [-0.05, 0) is 24.3 Å². The van der Waals surface area contributed by atoms with Crippen LogP contribution in [0.3, 0.4) is 0 Å². The van der Waals surface area contributed by atoms with Crippen molar-refractivity contribution in [2.24, 2.45) is 5.73 Å². The van der Waals surface area contributed by atoms with Crippen LogP contribution < -0.4 is 15.2 Å². The van der Waals surface area contributed by atoms with Gasteiger partial charge in [0.05, 0.1) is 25.0 Å². The lowest BCUT2D eigenvalue weighted by Gasteiger charge is -2.16. The number of hydrogen-bond donors (Lipinski definition) is 1. The van der Waals surface area contributed by atoms with Crippen LogP contribution in [-0.4, -0.2) is 13.7 Å². The van der Waals surface area contributed by atoms with Gasteiger partial charge < -0.3 is 19.6 Å². The summed E-state index contributed by atoms with van der Waals surface area (Å²) in [7, 11) is 1.53. The molecule has 0 bridgehead atoms. The Balaban J connectivity index is 2.24. The third kappa shape index (κ3) is 3.06. The smallest absolute Gasteiger partial charge is 0.168 e. The van der Waals surface area contributed by atoms with Gasteiger partial charge in [0.2, 0.25) is 0 Å². The third-order valence-electron chi connectivity index (χ3n) is 2.60. The van der Waals surface area contributed by atoms with Crippen LogP contribution in [0.15, 0.2) is 41.0 Å². The van der Waals surface area contributed by atoms with E-state index in [9.17, 15) is 0 Å². The fourth-order valence-corrected chi connectivity index (χ4v) is 1.68. The average Bonchev–Trinajstić information content (AvgIpc) is 2.98. The number of methoxy groups -OCH3 is 1. The SMILES string of the molecule is COc1cc(C#N)cc(OC(CN)c2ccco2)c1. The average molecular weight is 258 g/mol. The monoisotopic (exact) mass is 258 g/mol. The van der Waals surface area contributed by atoms with Crippen molar-refractivity contribution in [3.05, 3.63) is 47.9 Å². The van der Waals surface area contributed by atoms with Crippen molar-refractivity contribution in [1.29, 1.82) is 5.26 Å². The summed E-state index contributed by atoms with van der Waals surface area (Å²) in [5, 5.41) is 8.95. The zero-order valence-electron chi connectivity index (χ0n) is 10.5. The predicted octanol–water partition coefficient (Wildman–Crippen LogP) is 2.24. The molecular formula is C14H14N2O3. The lowest BCUT2D eigenvalue weighted by atomic mass is 10.2. The fourth-order valence-electron chi connectivity index (χ4n) is 1.68. The molecule has 2 rings (SSSR count). The highest BCUT2D eigenvalue weighted by molar-refractivity contribution is 5.44. The molecule has 1 aromatic heterocycles. The minimum absolute atomic E-state index is 0.270. The summed E-state index contributed by atoms with van der Waals surface area (Å²) in [5.41, 5.74) is 6.13. The highest BCUT2D eigenvalue weighted by atomic mass is 16.5. The number of nitrogens with two attached hydrogens (primary N) is 1. The number of rotatable bonds is 5. The van der Waals surface area contributed by atoms with Gasteiger partial charge in [-0.15, -0.1) is 0 Å². The Hall–Kier alpha value is -2.45. The van der Waals surface area contributed by atoms with E-state index in [0.717, 1.165) is 0 Å². The molecule has 0 saturated heterocycles. The van der Waals surface area contributed by atoms with Gasteiger partial charge in [-0.1, -0.05) is 0 Å². The molecule has 0 amide bonds. The summed E-state index contributed by atoms with van der Waals surface area (Å²) in [6.07, 6.45) is 1.17. The summed E-state index contributed by atoms with van der Waals surface area (Å²) < 4.78 is 16.1. The molecule has 2 aromatic rings. The van der Waals surface area contributed by atoms with Gasteiger partial charge >= 0.3 is 0 Å². The Kier molecular flexibility index (Phi) is 4.06. The predicted molar refractivity (Wildman–Crippen MR) is 68.8 cm³/mol. The molecular weight excluding hydrogens is 244 g/mol. The molecule has 2 N–H and O–H groups in total. The van der Waals surface area contributed by atoms with Crippen molar-refractivity contribution in [3.63, 3.8) is 0 Å². The van der Waals surface area contributed by atoms with E-state index < -0.39 is 6.10 Å². The number of hydrogen-bond acceptors (Lipinski definition) is 5. The summed E-state index contributed by atoms with van der Waals surface area (Å²) in [4.78, 5) is 0. The fraction of sp³-hybridized carbons (Fsp3) is 0.214. The van der Waals surface area contributed by atoms with Gasteiger partial charge in [-0.3, -0.25) is 0 Å². The van der Waals surface area contributed by atoms with Crippen LogP contribution in [0.2, 0.25) is 0 Å². The van der Waals surface area contributed by atoms with Gasteiger partial charge in [0, 0.05) is 12.6 Å². The van der Waals surface area contributed by atoms with E-state index in [-0.39, 0.29) is 6.54 Å². The first kappa shape index (κ1) is 13.0. The zero-order valence-corrected chi connectivity index (χ0v) is 10.5. The molecule has 0 aliphatic carbocycles. The Morgan fingerprint density at radius 3 is 2.74 bits per heavy atom. The minimum atomic E-state index is -0.395. The molecule has 0 aliphatic rings. The third-order valence-corrected chi connectivity index (χ3v) is 2.60. The normalized spacial score (nSPS) is 11.6. The summed E-state index contributed by atoms with van der Waals surface area (Å²) in [6.45, 7) is 0.270. The quantitative estimate of drug-likeness (QED) is 0.889. The van der Waals surface area contributed by atoms with E-state index in [2.05, 4.69) is 6.07 Å². The first-order valence-electron chi connectivity index (χ1n) is 5.76. The molecule has 1 atom stereocenters. The van der Waals surface area contributed by atoms with E-state index in [1.165, 1.54) is 7.11 Å². The van der Waals surface area contributed by atoms with Crippen molar-refractivity contribution in [2.75, 3.05) is 13.7 Å². The van der Waals surface area contributed by atoms with Gasteiger partial charge in [-0.25, -0.2) is 0 Å². The molecule has 5 heteroatoms. The molecule has 0 spiro atoms. The van der Waals surface area contributed by atoms with Crippen molar-refractivity contribution < 1.29 is 13.9 Å². The molecule has 5 nitrogen and oxygen atoms in total. The summed E-state index contributed by atoms with van der Waals surface area (Å²) >= 11 is 0. The van der Waals surface area contributed by atoms with Crippen molar-refractivity contribution in [1.82, 2.24) is 0 Å². The maximum atomic E-state index is 8.95. The van der Waals surface area contributed by atoms with E-state index in [0.29, 0.717) is 22.8 Å². The lowest BCUT2D eigenvalue weighted by Crippen LogP contribution is -2.17. The van der Waals surface area contributed by atoms with Gasteiger partial charge in [-0.2, -0.15) is 5.26 Å². The van der Waals surface area contributed by atoms with Crippen LogP contribution in [-0.2, 0) is 0 Å². The van der Waals surface area contributed by atoms with Crippen LogP contribution >= 0.6 is 0 Å². The summed E-state index contributed by atoms with van der Waals surface area (Å²) in [6, 6.07) is 10.6. The Morgan fingerprint density at radius 2 is 2.16 bits per heavy atom. The number of benzene rings is 1. The molecule has 1 heterocycles. The number of nitriles is 1. The first-order valence-corrected chi connectivity index (χ1v) is 5.76. The Bertz CT molecular complexity index is 573. The second-order valence-corrected chi connectivity index (χ2v) is 3.87. The van der Waals surface area contributed by atoms with Crippen LogP contribution in [0, 0.1) is 11.3 Å². The number of furan rings is 1. The molecule has 19 heavy (non-hydrogen) atoms. The van der Waals surface area contributed by atoms with Gasteiger partial charge in [0.15, 0.2) is 6.10 Å². The van der Waals surface area contributed by atoms with E-state index >= 15 is 0 Å². The number of nitrogens with zero attached hydrogens (tertiary/aromatic N) is 1. The topological polar surface area (TPSA) is 81.4 Å². The van der Waals surface area contributed by atoms with E-state index in [4.69, 9.17) is 24.9 Å². The first-order chi connectivity index (χ1) is 9.26. The molecule has 1 unspecified atom stereocenters. The highest BCUT2D eigenvalue weighted by Gasteiger charge is 2.15. The Labute approximate surface area is 111 Å². The zero-order chi connectivity index (χ0) is 13.7. The molecule has 0 aliphatic heterocycles. The van der Waals surface area contributed by atoms with Crippen LogP contribution in [0.4, 0.5) is 0 Å². The molecule has 98 valence electrons. The summed E-state index contributed by atoms with van der Waals surface area (Å²) in [5.74, 6) is 1.72. The van der Waals surface area contributed by atoms with Crippen molar-refractivity contribution in [3.8, 4) is 17.6 Å². The van der Waals surface area contributed by atoms with Crippen molar-refractivity contribution in [2.45, 2.75) is 6.10 Å².